The number of carbonyl (C=O) groups is 2. The van der Waals surface area contributed by atoms with Crippen molar-refractivity contribution in [3.05, 3.63) is 35.9 Å². The molecule has 0 aliphatic heterocycles. The standard InChI is InChI=1S/C16H24N4O3/c17-16(18)19-11-5-4-8-14(21)20-13(9-10-15(22)23)12-6-2-1-3-7-12/h1-3,6-7,13H,4-5,8-11H2,(H,20,21)(H,22,23)(H4,17,18,19). The van der Waals surface area contributed by atoms with E-state index in [1.54, 1.807) is 0 Å². The highest BCUT2D eigenvalue weighted by Crippen LogP contribution is 2.18. The molecule has 1 atom stereocenters. The van der Waals surface area contributed by atoms with Crippen molar-refractivity contribution in [3.63, 3.8) is 0 Å². The van der Waals surface area contributed by atoms with Gasteiger partial charge in [0.1, 0.15) is 0 Å². The maximum atomic E-state index is 12.0. The molecular formula is C16H24N4O3. The number of aliphatic carboxylic acids is 1. The Kier molecular flexibility index (Phi) is 8.20. The molecule has 0 aromatic heterocycles. The van der Waals surface area contributed by atoms with Gasteiger partial charge in [-0.15, -0.1) is 0 Å². The first kappa shape index (κ1) is 18.5. The fourth-order valence-corrected chi connectivity index (χ4v) is 2.18. The van der Waals surface area contributed by atoms with E-state index in [0.717, 1.165) is 12.0 Å². The number of hydrogen-bond donors (Lipinski definition) is 5. The highest BCUT2D eigenvalue weighted by atomic mass is 16.4. The van der Waals surface area contributed by atoms with Gasteiger partial charge < -0.3 is 21.5 Å². The van der Waals surface area contributed by atoms with Crippen molar-refractivity contribution in [2.75, 3.05) is 6.54 Å². The Morgan fingerprint density at radius 2 is 1.87 bits per heavy atom. The molecule has 126 valence electrons. The third-order valence-corrected chi connectivity index (χ3v) is 3.33. The zero-order valence-electron chi connectivity index (χ0n) is 13.0. The minimum atomic E-state index is -0.879. The lowest BCUT2D eigenvalue weighted by atomic mass is 10.0. The van der Waals surface area contributed by atoms with Gasteiger partial charge >= 0.3 is 5.97 Å². The van der Waals surface area contributed by atoms with E-state index in [0.29, 0.717) is 25.8 Å². The second kappa shape index (κ2) is 10.2. The second-order valence-corrected chi connectivity index (χ2v) is 5.26. The average Bonchev–Trinajstić information content (AvgIpc) is 2.51. The molecule has 23 heavy (non-hydrogen) atoms. The normalized spacial score (nSPS) is 11.5. The molecule has 6 N–H and O–H groups in total. The van der Waals surface area contributed by atoms with Gasteiger partial charge in [-0.3, -0.25) is 15.0 Å². The number of unbranched alkanes of at least 4 members (excludes halogenated alkanes) is 1. The van der Waals surface area contributed by atoms with Gasteiger partial charge in [0.25, 0.3) is 0 Å². The number of nitrogens with one attached hydrogen (secondary N) is 3. The monoisotopic (exact) mass is 320 g/mol. The zero-order valence-corrected chi connectivity index (χ0v) is 13.0. The smallest absolute Gasteiger partial charge is 0.303 e. The van der Waals surface area contributed by atoms with Crippen molar-refractivity contribution in [3.8, 4) is 0 Å². The van der Waals surface area contributed by atoms with Crippen molar-refractivity contribution in [2.45, 2.75) is 38.1 Å². The van der Waals surface area contributed by atoms with E-state index in [-0.39, 0.29) is 24.3 Å². The first-order valence-corrected chi connectivity index (χ1v) is 7.63. The second-order valence-electron chi connectivity index (χ2n) is 5.26. The minimum absolute atomic E-state index is 0.00235. The van der Waals surface area contributed by atoms with Crippen molar-refractivity contribution < 1.29 is 14.7 Å². The maximum Gasteiger partial charge on any atom is 0.303 e. The summed E-state index contributed by atoms with van der Waals surface area (Å²) in [5.74, 6) is -1.06. The number of benzene rings is 1. The van der Waals surface area contributed by atoms with E-state index >= 15 is 0 Å². The third-order valence-electron chi connectivity index (χ3n) is 3.33. The van der Waals surface area contributed by atoms with E-state index in [9.17, 15) is 9.59 Å². The Morgan fingerprint density at radius 1 is 1.17 bits per heavy atom. The summed E-state index contributed by atoms with van der Waals surface area (Å²) in [7, 11) is 0. The fraction of sp³-hybridized carbons (Fsp3) is 0.438. The fourth-order valence-electron chi connectivity index (χ4n) is 2.18. The van der Waals surface area contributed by atoms with Crippen LogP contribution < -0.4 is 16.4 Å². The molecule has 1 rings (SSSR count). The third kappa shape index (κ3) is 8.45. The van der Waals surface area contributed by atoms with Gasteiger partial charge in [0.05, 0.1) is 6.04 Å². The van der Waals surface area contributed by atoms with E-state index < -0.39 is 5.97 Å². The lowest BCUT2D eigenvalue weighted by Gasteiger charge is -2.18. The van der Waals surface area contributed by atoms with Crippen LogP contribution in [-0.4, -0.2) is 29.5 Å². The summed E-state index contributed by atoms with van der Waals surface area (Å²) in [6.45, 7) is 0.559. The first-order valence-electron chi connectivity index (χ1n) is 7.63. The van der Waals surface area contributed by atoms with Crippen LogP contribution in [0.5, 0.6) is 0 Å². The van der Waals surface area contributed by atoms with Gasteiger partial charge in [0, 0.05) is 19.4 Å². The van der Waals surface area contributed by atoms with Crippen LogP contribution in [-0.2, 0) is 9.59 Å². The van der Waals surface area contributed by atoms with Crippen LogP contribution in [0.2, 0.25) is 0 Å². The van der Waals surface area contributed by atoms with Crippen molar-refractivity contribution in [2.24, 2.45) is 5.73 Å². The summed E-state index contributed by atoms with van der Waals surface area (Å²) >= 11 is 0. The zero-order chi connectivity index (χ0) is 17.1. The maximum absolute atomic E-state index is 12.0. The molecular weight excluding hydrogens is 296 g/mol. The Morgan fingerprint density at radius 3 is 2.48 bits per heavy atom. The van der Waals surface area contributed by atoms with Crippen molar-refractivity contribution in [1.29, 1.82) is 5.41 Å². The molecule has 0 aliphatic rings. The summed E-state index contributed by atoms with van der Waals surface area (Å²) < 4.78 is 0. The molecule has 0 saturated carbocycles. The minimum Gasteiger partial charge on any atom is -0.481 e. The number of nitrogens with two attached hydrogens (primary N) is 1. The summed E-state index contributed by atoms with van der Waals surface area (Å²) in [5, 5.41) is 21.4. The molecule has 0 aliphatic carbocycles. The van der Waals surface area contributed by atoms with E-state index in [4.69, 9.17) is 16.2 Å². The SMILES string of the molecule is N=C(N)NCCCCC(=O)NC(CCC(=O)O)c1ccccc1. The number of carboxylic acid groups (broad SMARTS) is 1. The Hall–Kier alpha value is -2.57. The molecule has 0 spiro atoms. The first-order chi connectivity index (χ1) is 11.0. The van der Waals surface area contributed by atoms with Gasteiger partial charge in [-0.2, -0.15) is 0 Å². The summed E-state index contributed by atoms with van der Waals surface area (Å²) in [4.78, 5) is 22.8. The van der Waals surface area contributed by atoms with E-state index in [1.165, 1.54) is 0 Å². The lowest BCUT2D eigenvalue weighted by Crippen LogP contribution is -2.31. The van der Waals surface area contributed by atoms with Gasteiger partial charge in [-0.05, 0) is 24.8 Å². The summed E-state index contributed by atoms with van der Waals surface area (Å²) in [6.07, 6.45) is 2.13. The molecule has 0 heterocycles. The molecule has 1 aromatic rings. The molecule has 7 heteroatoms. The van der Waals surface area contributed by atoms with Crippen LogP contribution >= 0.6 is 0 Å². The van der Waals surface area contributed by atoms with Crippen LogP contribution in [0.25, 0.3) is 0 Å². The molecule has 1 aromatic carbocycles. The van der Waals surface area contributed by atoms with E-state index in [2.05, 4.69) is 10.6 Å². The number of guanidine groups is 1. The predicted octanol–water partition coefficient (Wildman–Crippen LogP) is 1.36. The van der Waals surface area contributed by atoms with Gasteiger partial charge in [-0.25, -0.2) is 0 Å². The lowest BCUT2D eigenvalue weighted by molar-refractivity contribution is -0.137. The Bertz CT molecular complexity index is 519. The topological polar surface area (TPSA) is 128 Å². The highest BCUT2D eigenvalue weighted by Gasteiger charge is 2.15. The highest BCUT2D eigenvalue weighted by molar-refractivity contribution is 5.76. The number of rotatable bonds is 10. The van der Waals surface area contributed by atoms with Crippen LogP contribution in [0.4, 0.5) is 0 Å². The molecule has 7 nitrogen and oxygen atoms in total. The largest absolute Gasteiger partial charge is 0.481 e. The van der Waals surface area contributed by atoms with Gasteiger partial charge in [0.2, 0.25) is 5.91 Å². The summed E-state index contributed by atoms with van der Waals surface area (Å²) in [5.41, 5.74) is 6.07. The van der Waals surface area contributed by atoms with Gasteiger partial charge in [0.15, 0.2) is 5.96 Å². The number of amides is 1. The molecule has 1 unspecified atom stereocenters. The average molecular weight is 320 g/mol. The Labute approximate surface area is 135 Å². The van der Waals surface area contributed by atoms with Crippen LogP contribution in [0.15, 0.2) is 30.3 Å². The summed E-state index contributed by atoms with van der Waals surface area (Å²) in [6, 6.07) is 9.07. The van der Waals surface area contributed by atoms with Crippen LogP contribution in [0.1, 0.15) is 43.7 Å². The number of hydrogen-bond acceptors (Lipinski definition) is 3. The molecule has 0 saturated heterocycles. The van der Waals surface area contributed by atoms with E-state index in [1.807, 2.05) is 30.3 Å². The van der Waals surface area contributed by atoms with Crippen molar-refractivity contribution >= 4 is 17.8 Å². The Balaban J connectivity index is 2.44. The molecule has 0 fully saturated rings. The molecule has 0 bridgehead atoms. The van der Waals surface area contributed by atoms with Crippen LogP contribution in [0.3, 0.4) is 0 Å². The quantitative estimate of drug-likeness (QED) is 0.253. The number of carboxylic acids is 1. The van der Waals surface area contributed by atoms with Gasteiger partial charge in [-0.1, -0.05) is 30.3 Å². The van der Waals surface area contributed by atoms with Crippen molar-refractivity contribution in [1.82, 2.24) is 10.6 Å². The predicted molar refractivity (Wildman–Crippen MR) is 88.0 cm³/mol. The molecule has 0 radical (unpaired) electrons. The number of carbonyl (C=O) groups excluding carboxylic acids is 1. The molecule has 1 amide bonds. The van der Waals surface area contributed by atoms with Crippen LogP contribution in [0, 0.1) is 5.41 Å².